The molecule has 14 heavy (non-hydrogen) atoms. The molecule has 2 heterocycles. The molecule has 1 atom stereocenters. The summed E-state index contributed by atoms with van der Waals surface area (Å²) < 4.78 is 0. The average Bonchev–Trinajstić information content (AvgIpc) is 2.65. The zero-order valence-corrected chi connectivity index (χ0v) is 8.61. The summed E-state index contributed by atoms with van der Waals surface area (Å²) in [5, 5.41) is 0.484. The van der Waals surface area contributed by atoms with Crippen molar-refractivity contribution in [3.8, 4) is 0 Å². The van der Waals surface area contributed by atoms with Crippen LogP contribution < -0.4 is 10.6 Å². The minimum Gasteiger partial charge on any atom is -0.352 e. The van der Waals surface area contributed by atoms with Crippen LogP contribution in [0.15, 0.2) is 12.4 Å². The molecule has 5 heteroatoms. The maximum Gasteiger partial charge on any atom is 0.134 e. The average molecular weight is 213 g/mol. The first kappa shape index (κ1) is 9.68. The van der Waals surface area contributed by atoms with Crippen LogP contribution in [0.5, 0.6) is 0 Å². The Bertz CT molecular complexity index is 317. The monoisotopic (exact) mass is 212 g/mol. The third kappa shape index (κ3) is 1.81. The van der Waals surface area contributed by atoms with E-state index in [0.717, 1.165) is 18.8 Å². The minimum atomic E-state index is 0.404. The molecule has 0 unspecified atom stereocenters. The van der Waals surface area contributed by atoms with Gasteiger partial charge in [-0.2, -0.15) is 0 Å². The van der Waals surface area contributed by atoms with Crippen molar-refractivity contribution in [2.24, 2.45) is 5.73 Å². The van der Waals surface area contributed by atoms with Crippen LogP contribution in [-0.4, -0.2) is 29.1 Å². The van der Waals surface area contributed by atoms with Crippen LogP contribution in [0, 0.1) is 0 Å². The summed E-state index contributed by atoms with van der Waals surface area (Å²) in [6.07, 6.45) is 3.80. The van der Waals surface area contributed by atoms with Crippen LogP contribution >= 0.6 is 11.6 Å². The van der Waals surface area contributed by atoms with Crippen LogP contribution in [0.25, 0.3) is 0 Å². The van der Waals surface area contributed by atoms with E-state index in [-0.39, 0.29) is 0 Å². The van der Waals surface area contributed by atoms with Crippen molar-refractivity contribution >= 4 is 17.4 Å². The predicted molar refractivity (Wildman–Crippen MR) is 56.5 cm³/mol. The van der Waals surface area contributed by atoms with Gasteiger partial charge in [-0.3, -0.25) is 0 Å². The summed E-state index contributed by atoms with van der Waals surface area (Å²) in [5.74, 6) is 0.887. The Morgan fingerprint density at radius 2 is 2.43 bits per heavy atom. The van der Waals surface area contributed by atoms with Gasteiger partial charge in [-0.25, -0.2) is 9.97 Å². The second kappa shape index (κ2) is 4.11. The van der Waals surface area contributed by atoms with E-state index in [1.165, 1.54) is 12.7 Å². The van der Waals surface area contributed by atoms with Gasteiger partial charge in [-0.05, 0) is 12.8 Å². The molecule has 2 rings (SSSR count). The molecule has 0 amide bonds. The molecule has 1 aromatic rings. The lowest BCUT2D eigenvalue weighted by molar-refractivity contribution is 0.671. The summed E-state index contributed by atoms with van der Waals surface area (Å²) in [4.78, 5) is 10.3. The largest absolute Gasteiger partial charge is 0.352 e. The van der Waals surface area contributed by atoms with Gasteiger partial charge >= 0.3 is 0 Å². The Labute approximate surface area is 88.1 Å². The highest BCUT2D eigenvalue weighted by Gasteiger charge is 2.24. The summed E-state index contributed by atoms with van der Waals surface area (Å²) in [7, 11) is 0. The van der Waals surface area contributed by atoms with Crippen LogP contribution in [0.2, 0.25) is 5.15 Å². The molecular weight excluding hydrogens is 200 g/mol. The van der Waals surface area contributed by atoms with Crippen LogP contribution in [-0.2, 0) is 0 Å². The first-order chi connectivity index (χ1) is 6.81. The third-order valence-corrected chi connectivity index (χ3v) is 2.77. The van der Waals surface area contributed by atoms with Gasteiger partial charge in [0.1, 0.15) is 17.3 Å². The van der Waals surface area contributed by atoms with Crippen LogP contribution in [0.4, 0.5) is 5.82 Å². The van der Waals surface area contributed by atoms with E-state index in [0.29, 0.717) is 17.7 Å². The molecule has 0 aromatic carbocycles. The van der Waals surface area contributed by atoms with Gasteiger partial charge in [0, 0.05) is 25.2 Å². The Balaban J connectivity index is 2.21. The predicted octanol–water partition coefficient (Wildman–Crippen LogP) is 1.06. The van der Waals surface area contributed by atoms with E-state index >= 15 is 0 Å². The van der Waals surface area contributed by atoms with Gasteiger partial charge in [0.15, 0.2) is 0 Å². The fraction of sp³-hybridized carbons (Fsp3) is 0.556. The van der Waals surface area contributed by atoms with Gasteiger partial charge in [0.2, 0.25) is 0 Å². The first-order valence-corrected chi connectivity index (χ1v) is 5.13. The van der Waals surface area contributed by atoms with E-state index in [1.807, 2.05) is 0 Å². The third-order valence-electron chi connectivity index (χ3n) is 2.56. The number of hydrogen-bond acceptors (Lipinski definition) is 4. The first-order valence-electron chi connectivity index (χ1n) is 4.75. The maximum atomic E-state index is 5.81. The quantitative estimate of drug-likeness (QED) is 0.745. The molecule has 1 aliphatic rings. The standard InChI is InChI=1S/C9H13ClN4/c10-8-4-9(13-6-12-8)14-3-1-2-7(14)5-11/h4,6-7H,1-3,5,11H2/t7-/m1/s1. The van der Waals surface area contributed by atoms with Crippen molar-refractivity contribution in [2.75, 3.05) is 18.0 Å². The topological polar surface area (TPSA) is 55.0 Å². The van der Waals surface area contributed by atoms with Gasteiger partial charge in [-0.15, -0.1) is 0 Å². The van der Waals surface area contributed by atoms with Crippen LogP contribution in [0.3, 0.4) is 0 Å². The lowest BCUT2D eigenvalue weighted by Crippen LogP contribution is -2.35. The fourth-order valence-corrected chi connectivity index (χ4v) is 2.00. The van der Waals surface area contributed by atoms with Crippen molar-refractivity contribution in [1.29, 1.82) is 0 Å². The molecule has 4 nitrogen and oxygen atoms in total. The van der Waals surface area contributed by atoms with Crippen molar-refractivity contribution in [2.45, 2.75) is 18.9 Å². The van der Waals surface area contributed by atoms with E-state index < -0.39 is 0 Å². The van der Waals surface area contributed by atoms with Gasteiger partial charge in [0.25, 0.3) is 0 Å². The van der Waals surface area contributed by atoms with Crippen molar-refractivity contribution in [3.63, 3.8) is 0 Å². The molecule has 0 saturated carbocycles. The zero-order chi connectivity index (χ0) is 9.97. The number of nitrogens with zero attached hydrogens (tertiary/aromatic N) is 3. The molecule has 0 aliphatic carbocycles. The molecule has 1 fully saturated rings. The zero-order valence-electron chi connectivity index (χ0n) is 7.86. The Hall–Kier alpha value is -0.870. The lowest BCUT2D eigenvalue weighted by atomic mass is 10.2. The number of hydrogen-bond donors (Lipinski definition) is 1. The number of aromatic nitrogens is 2. The van der Waals surface area contributed by atoms with E-state index in [2.05, 4.69) is 14.9 Å². The minimum absolute atomic E-state index is 0.404. The fourth-order valence-electron chi connectivity index (χ4n) is 1.86. The number of nitrogens with two attached hydrogens (primary N) is 1. The molecule has 0 radical (unpaired) electrons. The smallest absolute Gasteiger partial charge is 0.134 e. The Morgan fingerprint density at radius 3 is 3.14 bits per heavy atom. The molecule has 0 spiro atoms. The lowest BCUT2D eigenvalue weighted by Gasteiger charge is -2.24. The van der Waals surface area contributed by atoms with E-state index in [9.17, 15) is 0 Å². The number of halogens is 1. The highest BCUT2D eigenvalue weighted by molar-refractivity contribution is 6.29. The molecule has 1 aliphatic heterocycles. The number of anilines is 1. The highest BCUT2D eigenvalue weighted by Crippen LogP contribution is 2.23. The van der Waals surface area contributed by atoms with Gasteiger partial charge in [-0.1, -0.05) is 11.6 Å². The van der Waals surface area contributed by atoms with Gasteiger partial charge < -0.3 is 10.6 Å². The summed E-state index contributed by atoms with van der Waals surface area (Å²) >= 11 is 5.81. The second-order valence-corrected chi connectivity index (χ2v) is 3.81. The molecule has 1 saturated heterocycles. The van der Waals surface area contributed by atoms with E-state index in [4.69, 9.17) is 17.3 Å². The summed E-state index contributed by atoms with van der Waals surface area (Å²) in [6, 6.07) is 2.19. The molecule has 1 aromatic heterocycles. The SMILES string of the molecule is NC[C@H]1CCCN1c1cc(Cl)ncn1. The molecule has 2 N–H and O–H groups in total. The van der Waals surface area contributed by atoms with Crippen molar-refractivity contribution in [3.05, 3.63) is 17.5 Å². The molecule has 0 bridgehead atoms. The summed E-state index contributed by atoms with van der Waals surface area (Å²) in [6.45, 7) is 1.68. The molecular formula is C9H13ClN4. The Kier molecular flexibility index (Phi) is 2.84. The normalized spacial score (nSPS) is 21.6. The van der Waals surface area contributed by atoms with Crippen molar-refractivity contribution < 1.29 is 0 Å². The maximum absolute atomic E-state index is 5.81. The summed E-state index contributed by atoms with van der Waals surface area (Å²) in [5.41, 5.74) is 5.68. The van der Waals surface area contributed by atoms with Crippen LogP contribution in [0.1, 0.15) is 12.8 Å². The van der Waals surface area contributed by atoms with Gasteiger partial charge in [0.05, 0.1) is 0 Å². The Morgan fingerprint density at radius 1 is 1.57 bits per heavy atom. The molecule has 76 valence electrons. The highest BCUT2D eigenvalue weighted by atomic mass is 35.5. The second-order valence-electron chi connectivity index (χ2n) is 3.42. The van der Waals surface area contributed by atoms with E-state index in [1.54, 1.807) is 6.07 Å². The van der Waals surface area contributed by atoms with Crippen molar-refractivity contribution in [1.82, 2.24) is 9.97 Å². The number of rotatable bonds is 2.